The summed E-state index contributed by atoms with van der Waals surface area (Å²) < 4.78 is 0. The SMILES string of the molecule is Cc1cc(CNC(CO)C(=O)O)cnc1C(C)(C)C. The van der Waals surface area contributed by atoms with Crippen molar-refractivity contribution in [1.29, 1.82) is 0 Å². The second-order valence-corrected chi connectivity index (χ2v) is 5.71. The lowest BCUT2D eigenvalue weighted by Crippen LogP contribution is -2.39. The van der Waals surface area contributed by atoms with Crippen LogP contribution in [0, 0.1) is 6.92 Å². The van der Waals surface area contributed by atoms with Gasteiger partial charge in [0.05, 0.1) is 6.61 Å². The van der Waals surface area contributed by atoms with Gasteiger partial charge in [0.15, 0.2) is 0 Å². The van der Waals surface area contributed by atoms with E-state index in [0.717, 1.165) is 16.8 Å². The highest BCUT2D eigenvalue weighted by atomic mass is 16.4. The maximum absolute atomic E-state index is 10.8. The summed E-state index contributed by atoms with van der Waals surface area (Å²) in [5.41, 5.74) is 3.02. The normalized spacial score (nSPS) is 13.3. The Kier molecular flexibility index (Phi) is 5.03. The fraction of sp³-hybridized carbons (Fsp3) is 0.571. The number of aliphatic carboxylic acids is 1. The third-order valence-corrected chi connectivity index (χ3v) is 2.88. The van der Waals surface area contributed by atoms with Crippen LogP contribution in [0.1, 0.15) is 37.6 Å². The monoisotopic (exact) mass is 266 g/mol. The van der Waals surface area contributed by atoms with Gasteiger partial charge in [-0.25, -0.2) is 0 Å². The summed E-state index contributed by atoms with van der Waals surface area (Å²) in [5, 5.41) is 20.5. The first-order valence-electron chi connectivity index (χ1n) is 6.28. The minimum atomic E-state index is -1.06. The zero-order valence-corrected chi connectivity index (χ0v) is 11.9. The number of nitrogens with one attached hydrogen (secondary N) is 1. The molecule has 1 aromatic heterocycles. The third kappa shape index (κ3) is 4.29. The quantitative estimate of drug-likeness (QED) is 0.746. The van der Waals surface area contributed by atoms with Gasteiger partial charge in [-0.3, -0.25) is 15.1 Å². The van der Waals surface area contributed by atoms with Crippen LogP contribution in [0.3, 0.4) is 0 Å². The molecule has 0 radical (unpaired) electrons. The molecule has 0 amide bonds. The molecule has 0 aliphatic rings. The number of pyridine rings is 1. The Morgan fingerprint density at radius 2 is 2.11 bits per heavy atom. The van der Waals surface area contributed by atoms with Crippen LogP contribution in [-0.4, -0.2) is 33.8 Å². The predicted octanol–water partition coefficient (Wildman–Crippen LogP) is 1.22. The number of hydrogen-bond donors (Lipinski definition) is 3. The number of rotatable bonds is 5. The van der Waals surface area contributed by atoms with E-state index < -0.39 is 18.6 Å². The van der Waals surface area contributed by atoms with E-state index in [1.165, 1.54) is 0 Å². The Morgan fingerprint density at radius 1 is 1.47 bits per heavy atom. The molecule has 0 aliphatic carbocycles. The zero-order valence-electron chi connectivity index (χ0n) is 11.9. The number of nitrogens with zero attached hydrogens (tertiary/aromatic N) is 1. The molecule has 106 valence electrons. The summed E-state index contributed by atoms with van der Waals surface area (Å²) >= 11 is 0. The van der Waals surface area contributed by atoms with Gasteiger partial charge in [0.25, 0.3) is 0 Å². The van der Waals surface area contributed by atoms with Gasteiger partial charge in [0.2, 0.25) is 0 Å². The smallest absolute Gasteiger partial charge is 0.323 e. The van der Waals surface area contributed by atoms with E-state index in [9.17, 15) is 4.79 Å². The highest BCUT2D eigenvalue weighted by Gasteiger charge is 2.19. The van der Waals surface area contributed by atoms with E-state index in [1.807, 2.05) is 13.0 Å². The molecule has 5 nitrogen and oxygen atoms in total. The van der Waals surface area contributed by atoms with Crippen LogP contribution in [0.15, 0.2) is 12.3 Å². The van der Waals surface area contributed by atoms with Crippen molar-refractivity contribution in [2.45, 2.75) is 45.7 Å². The minimum Gasteiger partial charge on any atom is -0.480 e. The van der Waals surface area contributed by atoms with Gasteiger partial charge >= 0.3 is 5.97 Å². The van der Waals surface area contributed by atoms with Gasteiger partial charge in [0.1, 0.15) is 6.04 Å². The summed E-state index contributed by atoms with van der Waals surface area (Å²) in [6.07, 6.45) is 1.75. The number of aryl methyl sites for hydroxylation is 1. The molecule has 0 spiro atoms. The zero-order chi connectivity index (χ0) is 14.6. The van der Waals surface area contributed by atoms with Gasteiger partial charge < -0.3 is 10.2 Å². The van der Waals surface area contributed by atoms with Crippen LogP contribution in [-0.2, 0) is 16.8 Å². The van der Waals surface area contributed by atoms with Crippen molar-refractivity contribution >= 4 is 5.97 Å². The van der Waals surface area contributed by atoms with Crippen molar-refractivity contribution in [3.05, 3.63) is 29.1 Å². The largest absolute Gasteiger partial charge is 0.480 e. The van der Waals surface area contributed by atoms with Crippen LogP contribution in [0.25, 0.3) is 0 Å². The second-order valence-electron chi connectivity index (χ2n) is 5.71. The molecule has 1 heterocycles. The van der Waals surface area contributed by atoms with Gasteiger partial charge in [-0.2, -0.15) is 0 Å². The van der Waals surface area contributed by atoms with Crippen LogP contribution in [0.4, 0.5) is 0 Å². The van der Waals surface area contributed by atoms with E-state index >= 15 is 0 Å². The molecule has 1 unspecified atom stereocenters. The first kappa shape index (κ1) is 15.6. The highest BCUT2D eigenvalue weighted by molar-refractivity contribution is 5.73. The number of carboxylic acid groups (broad SMARTS) is 1. The summed E-state index contributed by atoms with van der Waals surface area (Å²) in [6, 6.07) is 1.05. The molecule has 0 saturated heterocycles. The number of hydrogen-bond acceptors (Lipinski definition) is 4. The second kappa shape index (κ2) is 6.12. The lowest BCUT2D eigenvalue weighted by Gasteiger charge is -2.21. The van der Waals surface area contributed by atoms with Crippen LogP contribution in [0.5, 0.6) is 0 Å². The average Bonchev–Trinajstić information content (AvgIpc) is 2.27. The Morgan fingerprint density at radius 3 is 2.53 bits per heavy atom. The average molecular weight is 266 g/mol. The Balaban J connectivity index is 2.77. The van der Waals surface area contributed by atoms with Crippen molar-refractivity contribution in [1.82, 2.24) is 10.3 Å². The predicted molar refractivity (Wildman–Crippen MR) is 73.0 cm³/mol. The van der Waals surface area contributed by atoms with Crippen molar-refractivity contribution in [3.63, 3.8) is 0 Å². The molecular formula is C14H22N2O3. The molecule has 0 aliphatic heterocycles. The topological polar surface area (TPSA) is 82.5 Å². The van der Waals surface area contributed by atoms with Crippen LogP contribution >= 0.6 is 0 Å². The summed E-state index contributed by atoms with van der Waals surface area (Å²) in [7, 11) is 0. The van der Waals surface area contributed by atoms with E-state index in [0.29, 0.717) is 6.54 Å². The number of carbonyl (C=O) groups is 1. The molecule has 0 saturated carbocycles. The summed E-state index contributed by atoms with van der Waals surface area (Å²) in [5.74, 6) is -1.06. The number of aliphatic hydroxyl groups excluding tert-OH is 1. The summed E-state index contributed by atoms with van der Waals surface area (Å²) in [4.78, 5) is 15.2. The standard InChI is InChI=1S/C14H22N2O3/c1-9-5-10(6-15-11(8-17)13(18)19)7-16-12(9)14(2,3)4/h5,7,11,15,17H,6,8H2,1-4H3,(H,18,19). The molecule has 3 N–H and O–H groups in total. The van der Waals surface area contributed by atoms with Crippen LogP contribution in [0.2, 0.25) is 0 Å². The molecule has 1 aromatic rings. The fourth-order valence-electron chi connectivity index (χ4n) is 1.99. The Bertz CT molecular complexity index is 452. The van der Waals surface area contributed by atoms with Crippen molar-refractivity contribution in [3.8, 4) is 0 Å². The fourth-order valence-corrected chi connectivity index (χ4v) is 1.99. The maximum Gasteiger partial charge on any atom is 0.323 e. The van der Waals surface area contributed by atoms with Crippen LogP contribution < -0.4 is 5.32 Å². The van der Waals surface area contributed by atoms with E-state index in [2.05, 4.69) is 31.1 Å². The number of carboxylic acids is 1. The Labute approximate surface area is 113 Å². The first-order valence-corrected chi connectivity index (χ1v) is 6.28. The lowest BCUT2D eigenvalue weighted by atomic mass is 9.88. The van der Waals surface area contributed by atoms with E-state index in [-0.39, 0.29) is 5.41 Å². The molecule has 1 rings (SSSR count). The van der Waals surface area contributed by atoms with E-state index in [1.54, 1.807) is 6.20 Å². The third-order valence-electron chi connectivity index (χ3n) is 2.88. The molecule has 5 heteroatoms. The lowest BCUT2D eigenvalue weighted by molar-refractivity contribution is -0.140. The van der Waals surface area contributed by atoms with Crippen molar-refractivity contribution in [2.75, 3.05) is 6.61 Å². The minimum absolute atomic E-state index is 0.00919. The molecule has 19 heavy (non-hydrogen) atoms. The number of aromatic nitrogens is 1. The van der Waals surface area contributed by atoms with E-state index in [4.69, 9.17) is 10.2 Å². The Hall–Kier alpha value is -1.46. The maximum atomic E-state index is 10.8. The van der Waals surface area contributed by atoms with Gasteiger partial charge in [-0.05, 0) is 18.1 Å². The molecule has 1 atom stereocenters. The van der Waals surface area contributed by atoms with Gasteiger partial charge in [0, 0.05) is 23.9 Å². The first-order chi connectivity index (χ1) is 8.75. The van der Waals surface area contributed by atoms with Crippen molar-refractivity contribution in [2.24, 2.45) is 0 Å². The van der Waals surface area contributed by atoms with Gasteiger partial charge in [-0.15, -0.1) is 0 Å². The molecular weight excluding hydrogens is 244 g/mol. The molecule has 0 bridgehead atoms. The highest BCUT2D eigenvalue weighted by Crippen LogP contribution is 2.23. The van der Waals surface area contributed by atoms with Crippen molar-refractivity contribution < 1.29 is 15.0 Å². The molecule has 0 aromatic carbocycles. The summed E-state index contributed by atoms with van der Waals surface area (Å²) in [6.45, 7) is 8.25. The molecule has 0 fully saturated rings. The number of aliphatic hydroxyl groups is 1. The van der Waals surface area contributed by atoms with Gasteiger partial charge in [-0.1, -0.05) is 26.8 Å².